The van der Waals surface area contributed by atoms with E-state index in [0.29, 0.717) is 19.0 Å². The number of thiazole rings is 1. The van der Waals surface area contributed by atoms with Gasteiger partial charge in [-0.3, -0.25) is 9.69 Å². The molecular formula is C16H28N4OS. The number of likely N-dealkylation sites (N-methyl/N-ethyl adjacent to an activating group) is 2. The van der Waals surface area contributed by atoms with Gasteiger partial charge in [-0.1, -0.05) is 20.8 Å². The van der Waals surface area contributed by atoms with Crippen molar-refractivity contribution in [3.05, 3.63) is 16.1 Å². The van der Waals surface area contributed by atoms with Crippen molar-refractivity contribution in [1.82, 2.24) is 20.1 Å². The lowest BCUT2D eigenvalue weighted by Gasteiger charge is -2.37. The summed E-state index contributed by atoms with van der Waals surface area (Å²) in [6, 6.07) is 0.392. The number of nitrogens with one attached hydrogen (secondary N) is 1. The molecule has 0 saturated carbocycles. The van der Waals surface area contributed by atoms with Gasteiger partial charge in [-0.05, 0) is 14.1 Å². The molecule has 0 radical (unpaired) electrons. The van der Waals surface area contributed by atoms with Gasteiger partial charge in [0.15, 0.2) is 0 Å². The Balaban J connectivity index is 1.81. The third-order valence-electron chi connectivity index (χ3n) is 4.05. The number of carbonyl (C=O) groups is 1. The van der Waals surface area contributed by atoms with Crippen molar-refractivity contribution in [2.75, 3.05) is 40.3 Å². The molecule has 6 heteroatoms. The van der Waals surface area contributed by atoms with Crippen LogP contribution in [0.2, 0.25) is 0 Å². The topological polar surface area (TPSA) is 48.5 Å². The molecule has 0 aromatic carbocycles. The second-order valence-electron chi connectivity index (χ2n) is 7.27. The van der Waals surface area contributed by atoms with Crippen LogP contribution in [-0.2, 0) is 16.6 Å². The van der Waals surface area contributed by atoms with Gasteiger partial charge in [-0.25, -0.2) is 4.98 Å². The highest BCUT2D eigenvalue weighted by Crippen LogP contribution is 2.25. The molecule has 22 heavy (non-hydrogen) atoms. The number of rotatable bonds is 4. The van der Waals surface area contributed by atoms with Crippen LogP contribution in [0.3, 0.4) is 0 Å². The summed E-state index contributed by atoms with van der Waals surface area (Å²) < 4.78 is 0. The predicted octanol–water partition coefficient (Wildman–Crippen LogP) is 1.35. The monoisotopic (exact) mass is 324 g/mol. The molecule has 2 heterocycles. The van der Waals surface area contributed by atoms with Crippen LogP contribution in [0, 0.1) is 0 Å². The number of amides is 1. The summed E-state index contributed by atoms with van der Waals surface area (Å²) in [5.41, 5.74) is 0.927. The van der Waals surface area contributed by atoms with E-state index in [9.17, 15) is 4.79 Å². The Morgan fingerprint density at radius 2 is 2.14 bits per heavy atom. The van der Waals surface area contributed by atoms with E-state index in [1.807, 2.05) is 5.38 Å². The minimum atomic E-state index is 0.0504. The molecule has 1 amide bonds. The van der Waals surface area contributed by atoms with Crippen LogP contribution in [0.5, 0.6) is 0 Å². The van der Waals surface area contributed by atoms with Gasteiger partial charge in [0, 0.05) is 43.0 Å². The first-order valence-electron chi connectivity index (χ1n) is 7.86. The second kappa shape index (κ2) is 7.06. The van der Waals surface area contributed by atoms with E-state index in [1.165, 1.54) is 0 Å². The molecule has 1 fully saturated rings. The van der Waals surface area contributed by atoms with Gasteiger partial charge < -0.3 is 10.2 Å². The average Bonchev–Trinajstić information content (AvgIpc) is 2.88. The first kappa shape index (κ1) is 17.4. The molecular weight excluding hydrogens is 296 g/mol. The van der Waals surface area contributed by atoms with Gasteiger partial charge >= 0.3 is 0 Å². The number of aromatic nitrogens is 1. The number of hydrogen-bond donors (Lipinski definition) is 1. The van der Waals surface area contributed by atoms with Crippen molar-refractivity contribution in [3.8, 4) is 0 Å². The number of hydrogen-bond acceptors (Lipinski definition) is 5. The van der Waals surface area contributed by atoms with Crippen LogP contribution in [0.1, 0.15) is 31.5 Å². The lowest BCUT2D eigenvalue weighted by atomic mass is 9.98. The van der Waals surface area contributed by atoms with Crippen LogP contribution in [0.25, 0.3) is 0 Å². The molecule has 0 spiro atoms. The Labute approximate surface area is 137 Å². The summed E-state index contributed by atoms with van der Waals surface area (Å²) in [6.07, 6.45) is 0.374. The lowest BCUT2D eigenvalue weighted by molar-refractivity contribution is -0.120. The van der Waals surface area contributed by atoms with Crippen LogP contribution in [0.4, 0.5) is 0 Å². The molecule has 1 N–H and O–H groups in total. The molecule has 1 saturated heterocycles. The molecule has 1 aromatic heterocycles. The van der Waals surface area contributed by atoms with E-state index >= 15 is 0 Å². The maximum Gasteiger partial charge on any atom is 0.226 e. The van der Waals surface area contributed by atoms with E-state index in [1.54, 1.807) is 11.3 Å². The zero-order valence-corrected chi connectivity index (χ0v) is 15.2. The van der Waals surface area contributed by atoms with Crippen molar-refractivity contribution in [3.63, 3.8) is 0 Å². The van der Waals surface area contributed by atoms with Gasteiger partial charge in [0.05, 0.1) is 17.1 Å². The SMILES string of the molecule is CN1CCN(C)C(CNC(=O)Cc2csc(C(C)(C)C)n2)C1. The molecule has 1 atom stereocenters. The summed E-state index contributed by atoms with van der Waals surface area (Å²) in [4.78, 5) is 21.3. The molecule has 1 aromatic rings. The molecule has 5 nitrogen and oxygen atoms in total. The van der Waals surface area contributed by atoms with Crippen LogP contribution in [0.15, 0.2) is 5.38 Å². The summed E-state index contributed by atoms with van der Waals surface area (Å²) in [6.45, 7) is 10.3. The average molecular weight is 324 g/mol. The van der Waals surface area contributed by atoms with Crippen molar-refractivity contribution in [1.29, 1.82) is 0 Å². The Bertz CT molecular complexity index is 508. The molecule has 2 rings (SSSR count). The van der Waals surface area contributed by atoms with E-state index in [-0.39, 0.29) is 11.3 Å². The predicted molar refractivity (Wildman–Crippen MR) is 91.4 cm³/mol. The van der Waals surface area contributed by atoms with E-state index in [2.05, 4.69) is 55.0 Å². The molecule has 1 aliphatic rings. The largest absolute Gasteiger partial charge is 0.354 e. The highest BCUT2D eigenvalue weighted by molar-refractivity contribution is 7.09. The third kappa shape index (κ3) is 4.76. The van der Waals surface area contributed by atoms with Crippen LogP contribution < -0.4 is 5.32 Å². The zero-order chi connectivity index (χ0) is 16.3. The van der Waals surface area contributed by atoms with E-state index in [0.717, 1.165) is 30.3 Å². The lowest BCUT2D eigenvalue weighted by Crippen LogP contribution is -2.54. The fraction of sp³-hybridized carbons (Fsp3) is 0.750. The Morgan fingerprint density at radius 3 is 2.77 bits per heavy atom. The Kier molecular flexibility index (Phi) is 5.58. The van der Waals surface area contributed by atoms with Gasteiger partial charge in [0.2, 0.25) is 5.91 Å². The smallest absolute Gasteiger partial charge is 0.226 e. The molecule has 0 aliphatic carbocycles. The van der Waals surface area contributed by atoms with Gasteiger partial charge in [-0.15, -0.1) is 11.3 Å². The van der Waals surface area contributed by atoms with Crippen molar-refractivity contribution < 1.29 is 4.79 Å². The van der Waals surface area contributed by atoms with Gasteiger partial charge in [-0.2, -0.15) is 0 Å². The molecule has 1 unspecified atom stereocenters. The quantitative estimate of drug-likeness (QED) is 0.908. The van der Waals surface area contributed by atoms with Crippen LogP contribution in [-0.4, -0.2) is 67.0 Å². The maximum absolute atomic E-state index is 12.1. The number of nitrogens with zero attached hydrogens (tertiary/aromatic N) is 3. The minimum Gasteiger partial charge on any atom is -0.354 e. The minimum absolute atomic E-state index is 0.0504. The zero-order valence-electron chi connectivity index (χ0n) is 14.3. The fourth-order valence-corrected chi connectivity index (χ4v) is 3.42. The fourth-order valence-electron chi connectivity index (χ4n) is 2.51. The highest BCUT2D eigenvalue weighted by Gasteiger charge is 2.23. The molecule has 124 valence electrons. The van der Waals surface area contributed by atoms with Crippen molar-refractivity contribution in [2.45, 2.75) is 38.6 Å². The second-order valence-corrected chi connectivity index (χ2v) is 8.13. The number of piperazine rings is 1. The van der Waals surface area contributed by atoms with Gasteiger partial charge in [0.25, 0.3) is 0 Å². The first-order chi connectivity index (χ1) is 10.3. The molecule has 1 aliphatic heterocycles. The summed E-state index contributed by atoms with van der Waals surface area (Å²) in [5, 5.41) is 6.14. The standard InChI is InChI=1S/C16H28N4OS/c1-16(2,3)15-18-12(11-22-15)8-14(21)17-9-13-10-19(4)6-7-20(13)5/h11,13H,6-10H2,1-5H3,(H,17,21). The van der Waals surface area contributed by atoms with E-state index in [4.69, 9.17) is 0 Å². The Hall–Kier alpha value is -0.980. The highest BCUT2D eigenvalue weighted by atomic mass is 32.1. The third-order valence-corrected chi connectivity index (χ3v) is 5.37. The van der Waals surface area contributed by atoms with Crippen molar-refractivity contribution in [2.24, 2.45) is 0 Å². The number of carbonyl (C=O) groups excluding carboxylic acids is 1. The van der Waals surface area contributed by atoms with Crippen LogP contribution >= 0.6 is 11.3 Å². The maximum atomic E-state index is 12.1. The Morgan fingerprint density at radius 1 is 1.41 bits per heavy atom. The summed E-state index contributed by atoms with van der Waals surface area (Å²) >= 11 is 1.64. The summed E-state index contributed by atoms with van der Waals surface area (Å²) in [7, 11) is 4.25. The van der Waals surface area contributed by atoms with Gasteiger partial charge in [0.1, 0.15) is 0 Å². The summed E-state index contributed by atoms with van der Waals surface area (Å²) in [5.74, 6) is 0.0624. The normalized spacial score (nSPS) is 21.0. The first-order valence-corrected chi connectivity index (χ1v) is 8.74. The molecule has 0 bridgehead atoms. The van der Waals surface area contributed by atoms with Crippen molar-refractivity contribution >= 4 is 17.2 Å². The van der Waals surface area contributed by atoms with E-state index < -0.39 is 0 Å².